The Kier molecular flexibility index (Phi) is 9.65. The van der Waals surface area contributed by atoms with Gasteiger partial charge in [-0.2, -0.15) is 0 Å². The molecule has 0 aliphatic rings. The second-order valence-corrected chi connectivity index (χ2v) is 5.92. The number of nitrogens with zero attached hydrogens (tertiary/aromatic N) is 1. The molecule has 1 aromatic carbocycles. The zero-order valence-corrected chi connectivity index (χ0v) is 15.5. The van der Waals surface area contributed by atoms with Gasteiger partial charge in [0.25, 0.3) is 0 Å². The van der Waals surface area contributed by atoms with E-state index >= 15 is 0 Å². The Bertz CT molecular complexity index is 634. The van der Waals surface area contributed by atoms with Gasteiger partial charge in [0.1, 0.15) is 6.04 Å². The van der Waals surface area contributed by atoms with Crippen LogP contribution in [0.5, 0.6) is 0 Å². The number of ether oxygens (including phenoxy) is 1. The number of hydrogen-bond donors (Lipinski definition) is 6. The smallest absolute Gasteiger partial charge is 0.312 e. The van der Waals surface area contributed by atoms with E-state index < -0.39 is 12.1 Å². The predicted octanol–water partition coefficient (Wildman–Crippen LogP) is -0.477. The molecule has 10 N–H and O–H groups in total. The molecule has 1 aromatic rings. The fraction of sp³-hybridized carbons (Fsp3) is 0.412. The molecule has 1 rings (SSSR count). The lowest BCUT2D eigenvalue weighted by Gasteiger charge is -2.26. The molecule has 0 saturated carbocycles. The highest BCUT2D eigenvalue weighted by molar-refractivity contribution is 5.94. The highest BCUT2D eigenvalue weighted by Crippen LogP contribution is 2.13. The SMILES string of the molecule is COCc1ccc(NC(=O)C(CCCNC(N)=O)N(N)/C=C(\N)CN)cc1. The van der Waals surface area contributed by atoms with Crippen molar-refractivity contribution >= 4 is 17.6 Å². The van der Waals surface area contributed by atoms with E-state index in [4.69, 9.17) is 27.8 Å². The summed E-state index contributed by atoms with van der Waals surface area (Å²) in [6.45, 7) is 0.935. The lowest BCUT2D eigenvalue weighted by Crippen LogP contribution is -2.46. The van der Waals surface area contributed by atoms with E-state index in [-0.39, 0.29) is 12.5 Å². The first-order valence-corrected chi connectivity index (χ1v) is 8.48. The Morgan fingerprint density at radius 1 is 1.26 bits per heavy atom. The number of nitrogens with one attached hydrogen (secondary N) is 2. The molecule has 1 unspecified atom stereocenters. The summed E-state index contributed by atoms with van der Waals surface area (Å²) in [4.78, 5) is 23.5. The molecule has 0 radical (unpaired) electrons. The number of primary amides is 1. The number of hydrogen-bond acceptors (Lipinski definition) is 7. The number of anilines is 1. The number of rotatable bonds is 11. The summed E-state index contributed by atoms with van der Waals surface area (Å²) >= 11 is 0. The van der Waals surface area contributed by atoms with Crippen LogP contribution in [0.4, 0.5) is 10.5 Å². The van der Waals surface area contributed by atoms with Crippen molar-refractivity contribution < 1.29 is 14.3 Å². The van der Waals surface area contributed by atoms with E-state index in [1.165, 1.54) is 11.2 Å². The van der Waals surface area contributed by atoms with E-state index in [2.05, 4.69) is 10.6 Å². The van der Waals surface area contributed by atoms with Gasteiger partial charge in [-0.1, -0.05) is 12.1 Å². The topological polar surface area (TPSA) is 175 Å². The third-order valence-corrected chi connectivity index (χ3v) is 3.70. The van der Waals surface area contributed by atoms with E-state index in [0.29, 0.717) is 37.4 Å². The lowest BCUT2D eigenvalue weighted by molar-refractivity contribution is -0.120. The van der Waals surface area contributed by atoms with Crippen LogP contribution in [0.15, 0.2) is 36.2 Å². The molecule has 0 fully saturated rings. The molecule has 0 saturated heterocycles. The number of carbonyl (C=O) groups excluding carboxylic acids is 2. The summed E-state index contributed by atoms with van der Waals surface area (Å²) in [5.41, 5.74) is 18.2. The number of carbonyl (C=O) groups is 2. The van der Waals surface area contributed by atoms with Crippen LogP contribution in [-0.4, -0.2) is 43.2 Å². The Hall–Kier alpha value is -2.82. The zero-order chi connectivity index (χ0) is 20.2. The van der Waals surface area contributed by atoms with Gasteiger partial charge in [-0.25, -0.2) is 10.6 Å². The Morgan fingerprint density at radius 3 is 2.48 bits per heavy atom. The summed E-state index contributed by atoms with van der Waals surface area (Å²) in [5, 5.41) is 6.52. The molecule has 10 nitrogen and oxygen atoms in total. The number of amides is 3. The molecule has 0 aliphatic carbocycles. The average molecular weight is 379 g/mol. The second kappa shape index (κ2) is 11.7. The maximum atomic E-state index is 12.7. The van der Waals surface area contributed by atoms with Crippen molar-refractivity contribution in [3.8, 4) is 0 Å². The maximum absolute atomic E-state index is 12.7. The molecular formula is C17H29N7O3. The van der Waals surface area contributed by atoms with Crippen molar-refractivity contribution in [3.05, 3.63) is 41.7 Å². The largest absolute Gasteiger partial charge is 0.400 e. The van der Waals surface area contributed by atoms with Crippen LogP contribution in [0.3, 0.4) is 0 Å². The molecule has 0 spiro atoms. The number of hydrazine groups is 1. The minimum atomic E-state index is -0.705. The molecule has 150 valence electrons. The summed E-state index contributed by atoms with van der Waals surface area (Å²) in [7, 11) is 1.61. The summed E-state index contributed by atoms with van der Waals surface area (Å²) in [5.74, 6) is 5.68. The standard InChI is InChI=1S/C17H29N7O3/c1-27-11-12-4-6-14(7-5-12)23-16(25)15(3-2-8-22-17(20)26)24(21)10-13(19)9-18/h4-7,10,15H,2-3,8-9,11,18-19,21H2,1H3,(H,23,25)(H3,20,22,26)/b13-10-. The average Bonchev–Trinajstić information content (AvgIpc) is 2.62. The van der Waals surface area contributed by atoms with Crippen molar-refractivity contribution in [2.45, 2.75) is 25.5 Å². The van der Waals surface area contributed by atoms with Crippen LogP contribution in [0.1, 0.15) is 18.4 Å². The third kappa shape index (κ3) is 8.40. The summed E-state index contributed by atoms with van der Waals surface area (Å²) in [6.07, 6.45) is 2.30. The van der Waals surface area contributed by atoms with Crippen LogP contribution < -0.4 is 33.7 Å². The highest BCUT2D eigenvalue weighted by Gasteiger charge is 2.22. The minimum absolute atomic E-state index is 0.117. The molecule has 10 heteroatoms. The van der Waals surface area contributed by atoms with Crippen LogP contribution in [-0.2, 0) is 16.1 Å². The molecule has 3 amide bonds. The highest BCUT2D eigenvalue weighted by atomic mass is 16.5. The number of methoxy groups -OCH3 is 1. The van der Waals surface area contributed by atoms with Crippen LogP contribution >= 0.6 is 0 Å². The van der Waals surface area contributed by atoms with Crippen LogP contribution in [0.25, 0.3) is 0 Å². The molecule has 0 aromatic heterocycles. The normalized spacial score (nSPS) is 12.3. The maximum Gasteiger partial charge on any atom is 0.312 e. The first-order chi connectivity index (χ1) is 12.9. The van der Waals surface area contributed by atoms with E-state index in [1.54, 1.807) is 19.2 Å². The third-order valence-electron chi connectivity index (χ3n) is 3.70. The van der Waals surface area contributed by atoms with Crippen molar-refractivity contribution in [1.29, 1.82) is 0 Å². The summed E-state index contributed by atoms with van der Waals surface area (Å²) < 4.78 is 5.06. The number of urea groups is 1. The number of benzene rings is 1. The van der Waals surface area contributed by atoms with E-state index in [9.17, 15) is 9.59 Å². The van der Waals surface area contributed by atoms with Crippen molar-refractivity contribution in [2.75, 3.05) is 25.5 Å². The Balaban J connectivity index is 2.79. The number of nitrogens with two attached hydrogens (primary N) is 4. The van der Waals surface area contributed by atoms with Gasteiger partial charge in [0.05, 0.1) is 6.61 Å². The quantitative estimate of drug-likeness (QED) is 0.171. The van der Waals surface area contributed by atoms with Gasteiger partial charge >= 0.3 is 6.03 Å². The van der Waals surface area contributed by atoms with Gasteiger partial charge in [-0.05, 0) is 30.5 Å². The monoisotopic (exact) mass is 379 g/mol. The van der Waals surface area contributed by atoms with Crippen molar-refractivity contribution in [3.63, 3.8) is 0 Å². The first-order valence-electron chi connectivity index (χ1n) is 8.48. The van der Waals surface area contributed by atoms with Gasteiger partial charge in [-0.15, -0.1) is 0 Å². The molecule has 27 heavy (non-hydrogen) atoms. The predicted molar refractivity (Wildman–Crippen MR) is 104 cm³/mol. The molecule has 0 heterocycles. The molecule has 0 aliphatic heterocycles. The van der Waals surface area contributed by atoms with Gasteiger partial charge in [0.15, 0.2) is 0 Å². The Morgan fingerprint density at radius 2 is 1.93 bits per heavy atom. The van der Waals surface area contributed by atoms with Crippen molar-refractivity contribution in [2.24, 2.45) is 23.0 Å². The van der Waals surface area contributed by atoms with Gasteiger partial charge < -0.3 is 37.6 Å². The zero-order valence-electron chi connectivity index (χ0n) is 15.5. The van der Waals surface area contributed by atoms with Crippen LogP contribution in [0, 0.1) is 0 Å². The van der Waals surface area contributed by atoms with E-state index in [0.717, 1.165) is 5.56 Å². The fourth-order valence-electron chi connectivity index (χ4n) is 2.33. The molecule has 0 bridgehead atoms. The van der Waals surface area contributed by atoms with Gasteiger partial charge in [0, 0.05) is 37.8 Å². The van der Waals surface area contributed by atoms with Crippen LogP contribution in [0.2, 0.25) is 0 Å². The minimum Gasteiger partial charge on any atom is -0.400 e. The van der Waals surface area contributed by atoms with Crippen molar-refractivity contribution in [1.82, 2.24) is 10.3 Å². The summed E-state index contributed by atoms with van der Waals surface area (Å²) in [6, 6.07) is 5.95. The molecular weight excluding hydrogens is 350 g/mol. The van der Waals surface area contributed by atoms with Gasteiger partial charge in [-0.3, -0.25) is 4.79 Å². The second-order valence-electron chi connectivity index (χ2n) is 5.92. The Labute approximate surface area is 158 Å². The molecule has 1 atom stereocenters. The fourth-order valence-corrected chi connectivity index (χ4v) is 2.33. The lowest BCUT2D eigenvalue weighted by atomic mass is 10.1. The van der Waals surface area contributed by atoms with E-state index in [1.807, 2.05) is 12.1 Å². The first kappa shape index (κ1) is 22.2. The van der Waals surface area contributed by atoms with Gasteiger partial charge in [0.2, 0.25) is 5.91 Å².